The van der Waals surface area contributed by atoms with Gasteiger partial charge in [-0.25, -0.2) is 4.79 Å². The first-order valence-electron chi connectivity index (χ1n) is 9.07. The van der Waals surface area contributed by atoms with Crippen LogP contribution in [0.5, 0.6) is 0 Å². The van der Waals surface area contributed by atoms with Gasteiger partial charge in [0, 0.05) is 11.1 Å². The number of esters is 1. The van der Waals surface area contributed by atoms with Gasteiger partial charge in [0.25, 0.3) is 0 Å². The summed E-state index contributed by atoms with van der Waals surface area (Å²) in [5, 5.41) is 2.41. The summed E-state index contributed by atoms with van der Waals surface area (Å²) in [7, 11) is 1.32. The molecule has 4 aromatic rings. The van der Waals surface area contributed by atoms with E-state index >= 15 is 0 Å². The van der Waals surface area contributed by atoms with Crippen LogP contribution in [0.25, 0.3) is 33.0 Å². The molecular weight excluding hydrogens is 348 g/mol. The van der Waals surface area contributed by atoms with Crippen LogP contribution in [-0.4, -0.2) is 18.9 Å². The SMILES string of the molecule is COC(=O)c1ccccc1C(=O)c1ccc2c(c1)-c1cccc3cccc-2c13. The molecule has 0 bridgehead atoms. The Balaban J connectivity index is 1.66. The Morgan fingerprint density at radius 2 is 1.36 bits per heavy atom. The summed E-state index contributed by atoms with van der Waals surface area (Å²) < 4.78 is 4.83. The third-order valence-electron chi connectivity index (χ3n) is 5.34. The lowest BCUT2D eigenvalue weighted by molar-refractivity contribution is 0.0597. The average Bonchev–Trinajstić information content (AvgIpc) is 3.08. The van der Waals surface area contributed by atoms with Crippen LogP contribution in [0.2, 0.25) is 0 Å². The third-order valence-corrected chi connectivity index (χ3v) is 5.34. The van der Waals surface area contributed by atoms with Gasteiger partial charge >= 0.3 is 5.97 Å². The monoisotopic (exact) mass is 364 g/mol. The molecule has 0 saturated carbocycles. The van der Waals surface area contributed by atoms with Crippen LogP contribution < -0.4 is 0 Å². The molecule has 0 atom stereocenters. The Bertz CT molecular complexity index is 1280. The zero-order valence-electron chi connectivity index (χ0n) is 15.2. The predicted octanol–water partition coefficient (Wildman–Crippen LogP) is 5.50. The summed E-state index contributed by atoms with van der Waals surface area (Å²) in [4.78, 5) is 25.3. The van der Waals surface area contributed by atoms with Gasteiger partial charge in [0.2, 0.25) is 0 Å². The highest BCUT2D eigenvalue weighted by atomic mass is 16.5. The maximum atomic E-state index is 13.2. The number of fused-ring (bicyclic) bond motifs is 3. The minimum Gasteiger partial charge on any atom is -0.465 e. The molecule has 0 amide bonds. The number of benzene rings is 4. The largest absolute Gasteiger partial charge is 0.465 e. The number of methoxy groups -OCH3 is 1. The number of carbonyl (C=O) groups is 2. The molecule has 0 radical (unpaired) electrons. The number of rotatable bonds is 3. The molecule has 0 unspecified atom stereocenters. The second-order valence-electron chi connectivity index (χ2n) is 6.84. The molecule has 0 saturated heterocycles. The molecule has 0 heterocycles. The first kappa shape index (κ1) is 16.5. The summed E-state index contributed by atoms with van der Waals surface area (Å²) in [6.07, 6.45) is 0. The molecule has 28 heavy (non-hydrogen) atoms. The lowest BCUT2D eigenvalue weighted by atomic mass is 9.94. The molecule has 0 fully saturated rings. The normalized spacial score (nSPS) is 11.3. The molecule has 0 aliphatic heterocycles. The second-order valence-corrected chi connectivity index (χ2v) is 6.84. The predicted molar refractivity (Wildman–Crippen MR) is 110 cm³/mol. The van der Waals surface area contributed by atoms with E-state index in [2.05, 4.69) is 30.3 Å². The molecule has 0 N–H and O–H groups in total. The molecule has 3 heteroatoms. The summed E-state index contributed by atoms with van der Waals surface area (Å²) in [6.45, 7) is 0. The molecular formula is C25H16O3. The zero-order chi connectivity index (χ0) is 19.3. The van der Waals surface area contributed by atoms with Crippen LogP contribution in [0.1, 0.15) is 26.3 Å². The topological polar surface area (TPSA) is 43.4 Å². The Morgan fingerprint density at radius 3 is 2.07 bits per heavy atom. The van der Waals surface area contributed by atoms with E-state index in [1.165, 1.54) is 23.4 Å². The Morgan fingerprint density at radius 1 is 0.679 bits per heavy atom. The Kier molecular flexibility index (Phi) is 3.63. The van der Waals surface area contributed by atoms with Crippen molar-refractivity contribution in [2.24, 2.45) is 0 Å². The van der Waals surface area contributed by atoms with E-state index < -0.39 is 5.97 Å². The van der Waals surface area contributed by atoms with E-state index in [1.54, 1.807) is 24.3 Å². The zero-order valence-corrected chi connectivity index (χ0v) is 15.2. The molecule has 1 aliphatic rings. The quantitative estimate of drug-likeness (QED) is 0.313. The fraction of sp³-hybridized carbons (Fsp3) is 0.0400. The van der Waals surface area contributed by atoms with Crippen LogP contribution in [0.15, 0.2) is 78.9 Å². The molecule has 0 aromatic heterocycles. The van der Waals surface area contributed by atoms with Gasteiger partial charge in [0.15, 0.2) is 5.78 Å². The van der Waals surface area contributed by atoms with Gasteiger partial charge in [-0.1, -0.05) is 66.7 Å². The maximum Gasteiger partial charge on any atom is 0.338 e. The molecule has 134 valence electrons. The van der Waals surface area contributed by atoms with Gasteiger partial charge in [0.1, 0.15) is 0 Å². The van der Waals surface area contributed by atoms with Crippen LogP contribution in [0.4, 0.5) is 0 Å². The van der Waals surface area contributed by atoms with Crippen LogP contribution in [0, 0.1) is 0 Å². The smallest absolute Gasteiger partial charge is 0.338 e. The van der Waals surface area contributed by atoms with Crippen LogP contribution >= 0.6 is 0 Å². The average molecular weight is 364 g/mol. The van der Waals surface area contributed by atoms with Crippen molar-refractivity contribution in [2.45, 2.75) is 0 Å². The van der Waals surface area contributed by atoms with Crippen molar-refractivity contribution in [1.29, 1.82) is 0 Å². The lowest BCUT2D eigenvalue weighted by Crippen LogP contribution is -2.11. The van der Waals surface area contributed by atoms with Crippen molar-refractivity contribution in [1.82, 2.24) is 0 Å². The standard InChI is InChI=1S/C25H16O3/c1-28-25(27)21-9-3-2-8-20(21)24(26)16-12-13-17-18-10-4-6-15-7-5-11-19(23(15)18)22(17)14-16/h2-14H,1H3. The minimum absolute atomic E-state index is 0.188. The number of ether oxygens (including phenoxy) is 1. The Hall–Kier alpha value is -3.72. The van der Waals surface area contributed by atoms with E-state index in [1.807, 2.05) is 24.3 Å². The number of hydrogen-bond acceptors (Lipinski definition) is 3. The fourth-order valence-electron chi connectivity index (χ4n) is 4.06. The van der Waals surface area contributed by atoms with Gasteiger partial charge in [0.05, 0.1) is 12.7 Å². The van der Waals surface area contributed by atoms with Crippen molar-refractivity contribution < 1.29 is 14.3 Å². The first-order valence-corrected chi connectivity index (χ1v) is 9.07. The molecule has 3 nitrogen and oxygen atoms in total. The number of hydrogen-bond donors (Lipinski definition) is 0. The number of ketones is 1. The second kappa shape index (κ2) is 6.17. The van der Waals surface area contributed by atoms with Gasteiger partial charge in [-0.05, 0) is 45.2 Å². The molecule has 0 spiro atoms. The van der Waals surface area contributed by atoms with Gasteiger partial charge in [-0.15, -0.1) is 0 Å². The fourth-order valence-corrected chi connectivity index (χ4v) is 4.06. The van der Waals surface area contributed by atoms with Crippen molar-refractivity contribution in [3.63, 3.8) is 0 Å². The minimum atomic E-state index is -0.512. The van der Waals surface area contributed by atoms with E-state index in [0.717, 1.165) is 16.7 Å². The number of carbonyl (C=O) groups excluding carboxylic acids is 2. The van der Waals surface area contributed by atoms with Crippen LogP contribution in [0.3, 0.4) is 0 Å². The summed E-state index contributed by atoms with van der Waals surface area (Å²) in [6, 6.07) is 25.0. The Labute approximate surface area is 162 Å². The summed E-state index contributed by atoms with van der Waals surface area (Å²) in [5.74, 6) is -0.700. The maximum absolute atomic E-state index is 13.2. The van der Waals surface area contributed by atoms with Crippen LogP contribution in [-0.2, 0) is 4.74 Å². The van der Waals surface area contributed by atoms with E-state index in [4.69, 9.17) is 4.74 Å². The summed E-state index contributed by atoms with van der Waals surface area (Å²) >= 11 is 0. The lowest BCUT2D eigenvalue weighted by Gasteiger charge is -2.09. The highest BCUT2D eigenvalue weighted by Crippen LogP contribution is 2.47. The first-order chi connectivity index (χ1) is 13.7. The van der Waals surface area contributed by atoms with Crippen molar-refractivity contribution >= 4 is 22.5 Å². The molecule has 1 aliphatic carbocycles. The van der Waals surface area contributed by atoms with E-state index in [-0.39, 0.29) is 11.3 Å². The highest BCUT2D eigenvalue weighted by Gasteiger charge is 2.24. The van der Waals surface area contributed by atoms with Gasteiger partial charge in [-0.2, -0.15) is 0 Å². The molecule has 4 aromatic carbocycles. The van der Waals surface area contributed by atoms with Crippen molar-refractivity contribution in [2.75, 3.05) is 7.11 Å². The van der Waals surface area contributed by atoms with E-state index in [9.17, 15) is 9.59 Å². The van der Waals surface area contributed by atoms with Gasteiger partial charge in [-0.3, -0.25) is 4.79 Å². The summed E-state index contributed by atoms with van der Waals surface area (Å²) in [5.41, 5.74) is 5.69. The highest BCUT2D eigenvalue weighted by molar-refractivity contribution is 6.18. The van der Waals surface area contributed by atoms with Crippen molar-refractivity contribution in [3.05, 3.63) is 95.6 Å². The molecule has 5 rings (SSSR count). The third kappa shape index (κ3) is 2.30. The van der Waals surface area contributed by atoms with E-state index in [0.29, 0.717) is 11.1 Å². The van der Waals surface area contributed by atoms with Crippen molar-refractivity contribution in [3.8, 4) is 22.3 Å². The van der Waals surface area contributed by atoms with Gasteiger partial charge < -0.3 is 4.74 Å².